The number of hydrogen-bond acceptors (Lipinski definition) is 5. The van der Waals surface area contributed by atoms with E-state index in [1.165, 1.54) is 0 Å². The maximum Gasteiger partial charge on any atom is 0.407 e. The van der Waals surface area contributed by atoms with Gasteiger partial charge in [-0.1, -0.05) is 19.8 Å². The van der Waals surface area contributed by atoms with Crippen LogP contribution in [-0.2, 0) is 17.9 Å². The summed E-state index contributed by atoms with van der Waals surface area (Å²) in [5.41, 5.74) is -0.495. The maximum absolute atomic E-state index is 11.7. The number of rotatable bonds is 9. The number of aliphatic hydroxyl groups is 1. The number of hydrogen-bond donors (Lipinski definition) is 3. The van der Waals surface area contributed by atoms with Gasteiger partial charge in [-0.3, -0.25) is 0 Å². The Kier molecular flexibility index (Phi) is 8.12. The van der Waals surface area contributed by atoms with Crippen molar-refractivity contribution >= 4 is 6.09 Å². The van der Waals surface area contributed by atoms with Gasteiger partial charge in [0.1, 0.15) is 23.7 Å². The summed E-state index contributed by atoms with van der Waals surface area (Å²) in [6, 6.07) is 3.75. The SMILES string of the molecule is CCCCC(CNC(=O)OC(C)(C)C)NCc1ccc(CO)o1. The van der Waals surface area contributed by atoms with Gasteiger partial charge in [0.25, 0.3) is 0 Å². The van der Waals surface area contributed by atoms with E-state index in [2.05, 4.69) is 17.6 Å². The van der Waals surface area contributed by atoms with Gasteiger partial charge < -0.3 is 24.9 Å². The number of alkyl carbamates (subject to hydrolysis) is 1. The highest BCUT2D eigenvalue weighted by Crippen LogP contribution is 2.09. The fraction of sp³-hybridized carbons (Fsp3) is 0.706. The zero-order valence-corrected chi connectivity index (χ0v) is 14.6. The Bertz CT molecular complexity index is 465. The van der Waals surface area contributed by atoms with Crippen molar-refractivity contribution in [2.24, 2.45) is 0 Å². The Hall–Kier alpha value is -1.53. The molecule has 1 unspecified atom stereocenters. The predicted molar refractivity (Wildman–Crippen MR) is 89.0 cm³/mol. The summed E-state index contributed by atoms with van der Waals surface area (Å²) >= 11 is 0. The van der Waals surface area contributed by atoms with Crippen LogP contribution in [0.5, 0.6) is 0 Å². The Morgan fingerprint density at radius 3 is 2.61 bits per heavy atom. The number of unbranched alkanes of at least 4 members (excludes halogenated alkanes) is 1. The molecule has 132 valence electrons. The lowest BCUT2D eigenvalue weighted by atomic mass is 10.1. The topological polar surface area (TPSA) is 83.7 Å². The highest BCUT2D eigenvalue weighted by Gasteiger charge is 2.17. The molecule has 0 radical (unpaired) electrons. The smallest absolute Gasteiger partial charge is 0.407 e. The molecular formula is C17H30N2O4. The predicted octanol–water partition coefficient (Wildman–Crippen LogP) is 2.95. The molecule has 0 aliphatic rings. The highest BCUT2D eigenvalue weighted by molar-refractivity contribution is 5.67. The van der Waals surface area contributed by atoms with Crippen molar-refractivity contribution in [2.75, 3.05) is 6.54 Å². The molecule has 23 heavy (non-hydrogen) atoms. The van der Waals surface area contributed by atoms with Crippen LogP contribution in [0.3, 0.4) is 0 Å². The van der Waals surface area contributed by atoms with Crippen LogP contribution in [-0.4, -0.2) is 29.4 Å². The fourth-order valence-corrected chi connectivity index (χ4v) is 2.09. The maximum atomic E-state index is 11.7. The standard InChI is InChI=1S/C17H30N2O4/c1-5-6-7-13(10-19-16(21)23-17(2,3)4)18-11-14-8-9-15(12-20)22-14/h8-9,13,18,20H,5-7,10-12H2,1-4H3,(H,19,21). The molecule has 1 amide bonds. The molecule has 1 heterocycles. The van der Waals surface area contributed by atoms with E-state index in [0.717, 1.165) is 25.0 Å². The number of carbonyl (C=O) groups excluding carboxylic acids is 1. The van der Waals surface area contributed by atoms with E-state index >= 15 is 0 Å². The molecule has 0 spiro atoms. The van der Waals surface area contributed by atoms with E-state index in [1.807, 2.05) is 26.8 Å². The third-order valence-electron chi connectivity index (χ3n) is 3.24. The van der Waals surface area contributed by atoms with Crippen LogP contribution in [0.4, 0.5) is 4.79 Å². The Balaban J connectivity index is 2.43. The summed E-state index contributed by atoms with van der Waals surface area (Å²) in [6.07, 6.45) is 2.73. The Morgan fingerprint density at radius 2 is 2.04 bits per heavy atom. The molecule has 0 aliphatic carbocycles. The van der Waals surface area contributed by atoms with Crippen molar-refractivity contribution in [1.82, 2.24) is 10.6 Å². The van der Waals surface area contributed by atoms with Crippen LogP contribution < -0.4 is 10.6 Å². The van der Waals surface area contributed by atoms with Gasteiger partial charge >= 0.3 is 6.09 Å². The molecule has 6 heteroatoms. The summed E-state index contributed by atoms with van der Waals surface area (Å²) < 4.78 is 10.7. The monoisotopic (exact) mass is 326 g/mol. The van der Waals surface area contributed by atoms with E-state index in [-0.39, 0.29) is 12.6 Å². The van der Waals surface area contributed by atoms with Gasteiger partial charge in [0, 0.05) is 12.6 Å². The van der Waals surface area contributed by atoms with Gasteiger partial charge in [0.15, 0.2) is 0 Å². The van der Waals surface area contributed by atoms with E-state index in [0.29, 0.717) is 18.8 Å². The van der Waals surface area contributed by atoms with Crippen molar-refractivity contribution in [3.05, 3.63) is 23.7 Å². The second kappa shape index (κ2) is 9.57. The molecular weight excluding hydrogens is 296 g/mol. The second-order valence-corrected chi connectivity index (χ2v) is 6.63. The van der Waals surface area contributed by atoms with Crippen molar-refractivity contribution in [2.45, 2.75) is 71.8 Å². The molecule has 1 aromatic heterocycles. The van der Waals surface area contributed by atoms with Crippen molar-refractivity contribution in [3.8, 4) is 0 Å². The van der Waals surface area contributed by atoms with E-state index in [4.69, 9.17) is 14.3 Å². The summed E-state index contributed by atoms with van der Waals surface area (Å²) in [7, 11) is 0. The number of carbonyl (C=O) groups is 1. The van der Waals surface area contributed by atoms with E-state index < -0.39 is 11.7 Å². The number of aliphatic hydroxyl groups excluding tert-OH is 1. The molecule has 3 N–H and O–H groups in total. The zero-order valence-electron chi connectivity index (χ0n) is 14.6. The highest BCUT2D eigenvalue weighted by atomic mass is 16.6. The average molecular weight is 326 g/mol. The first-order valence-corrected chi connectivity index (χ1v) is 8.22. The zero-order chi connectivity index (χ0) is 17.3. The van der Waals surface area contributed by atoms with Crippen LogP contribution >= 0.6 is 0 Å². The number of furan rings is 1. The minimum absolute atomic E-state index is 0.0978. The van der Waals surface area contributed by atoms with Crippen LogP contribution in [0, 0.1) is 0 Å². The van der Waals surface area contributed by atoms with Gasteiger partial charge in [0.05, 0.1) is 6.54 Å². The summed E-state index contributed by atoms with van der Waals surface area (Å²) in [6.45, 7) is 8.63. The van der Waals surface area contributed by atoms with Crippen molar-refractivity contribution in [1.29, 1.82) is 0 Å². The second-order valence-electron chi connectivity index (χ2n) is 6.63. The molecule has 6 nitrogen and oxygen atoms in total. The number of nitrogens with one attached hydrogen (secondary N) is 2. The summed E-state index contributed by atoms with van der Waals surface area (Å²) in [5.74, 6) is 1.33. The minimum Gasteiger partial charge on any atom is -0.462 e. The number of amides is 1. The molecule has 1 atom stereocenters. The van der Waals surface area contributed by atoms with Crippen LogP contribution in [0.2, 0.25) is 0 Å². The van der Waals surface area contributed by atoms with Gasteiger partial charge in [-0.05, 0) is 39.3 Å². The quantitative estimate of drug-likeness (QED) is 0.650. The third kappa shape index (κ3) is 8.62. The lowest BCUT2D eigenvalue weighted by Crippen LogP contribution is -2.42. The summed E-state index contributed by atoms with van der Waals surface area (Å²) in [4.78, 5) is 11.7. The Labute approximate surface area is 138 Å². The molecule has 0 saturated heterocycles. The van der Waals surface area contributed by atoms with Crippen LogP contribution in [0.1, 0.15) is 58.5 Å². The molecule has 0 aliphatic heterocycles. The molecule has 1 aromatic rings. The lowest BCUT2D eigenvalue weighted by Gasteiger charge is -2.22. The van der Waals surface area contributed by atoms with Gasteiger partial charge in [-0.2, -0.15) is 0 Å². The van der Waals surface area contributed by atoms with E-state index in [1.54, 1.807) is 6.07 Å². The molecule has 0 bridgehead atoms. The molecule has 0 fully saturated rings. The van der Waals surface area contributed by atoms with Gasteiger partial charge in [-0.25, -0.2) is 4.79 Å². The lowest BCUT2D eigenvalue weighted by molar-refractivity contribution is 0.0521. The first-order valence-electron chi connectivity index (χ1n) is 8.22. The number of ether oxygens (including phenoxy) is 1. The first kappa shape index (κ1) is 19.5. The van der Waals surface area contributed by atoms with Crippen molar-refractivity contribution < 1.29 is 19.1 Å². The summed E-state index contributed by atoms with van der Waals surface area (Å²) in [5, 5.41) is 15.2. The first-order chi connectivity index (χ1) is 10.8. The van der Waals surface area contributed by atoms with Gasteiger partial charge in [0.2, 0.25) is 0 Å². The van der Waals surface area contributed by atoms with Crippen LogP contribution in [0.25, 0.3) is 0 Å². The van der Waals surface area contributed by atoms with E-state index in [9.17, 15) is 4.79 Å². The molecule has 0 saturated carbocycles. The molecule has 1 rings (SSSR count). The fourth-order valence-electron chi connectivity index (χ4n) is 2.09. The largest absolute Gasteiger partial charge is 0.462 e. The normalized spacial score (nSPS) is 12.9. The Morgan fingerprint density at radius 1 is 1.35 bits per heavy atom. The molecule has 0 aromatic carbocycles. The average Bonchev–Trinajstić information content (AvgIpc) is 2.92. The van der Waals surface area contributed by atoms with Gasteiger partial charge in [-0.15, -0.1) is 0 Å². The van der Waals surface area contributed by atoms with Crippen LogP contribution in [0.15, 0.2) is 16.5 Å². The van der Waals surface area contributed by atoms with Crippen molar-refractivity contribution in [3.63, 3.8) is 0 Å². The third-order valence-corrected chi connectivity index (χ3v) is 3.24. The minimum atomic E-state index is -0.495.